The maximum absolute atomic E-state index is 11.9. The van der Waals surface area contributed by atoms with E-state index in [2.05, 4.69) is 5.32 Å². The number of carbonyl (C=O) groups excluding carboxylic acids is 3. The third-order valence-corrected chi connectivity index (χ3v) is 2.54. The summed E-state index contributed by atoms with van der Waals surface area (Å²) in [6.07, 6.45) is 0.419. The molecular formula is C12H19N2O5-. The minimum atomic E-state index is -1.31. The standard InChI is InChI=1S/C12H20N2O5/c1-12(2,3)19-11(18)13-8-5-4-6-14(10(8)17)7-9(15)16/h8H,4-7H2,1-3H3,(H,13,18)(H,15,16)/p-1/t8-/m0/s1. The number of ether oxygens (including phenoxy) is 1. The Morgan fingerprint density at radius 3 is 2.63 bits per heavy atom. The van der Waals surface area contributed by atoms with Crippen LogP contribution < -0.4 is 10.4 Å². The zero-order chi connectivity index (χ0) is 14.6. The van der Waals surface area contributed by atoms with E-state index in [0.717, 1.165) is 0 Å². The highest BCUT2D eigenvalue weighted by molar-refractivity contribution is 5.88. The van der Waals surface area contributed by atoms with Crippen molar-refractivity contribution in [3.63, 3.8) is 0 Å². The van der Waals surface area contributed by atoms with Crippen LogP contribution in [0.25, 0.3) is 0 Å². The molecule has 1 N–H and O–H groups in total. The Labute approximate surface area is 111 Å². The number of hydrogen-bond donors (Lipinski definition) is 1. The summed E-state index contributed by atoms with van der Waals surface area (Å²) in [5.41, 5.74) is -0.646. The van der Waals surface area contributed by atoms with E-state index in [1.165, 1.54) is 4.90 Å². The monoisotopic (exact) mass is 271 g/mol. The van der Waals surface area contributed by atoms with E-state index < -0.39 is 36.2 Å². The fourth-order valence-corrected chi connectivity index (χ4v) is 1.84. The van der Waals surface area contributed by atoms with Crippen LogP contribution in [0, 0.1) is 0 Å². The number of alkyl carbamates (subject to hydrolysis) is 1. The van der Waals surface area contributed by atoms with Gasteiger partial charge in [0.05, 0.1) is 12.5 Å². The number of carboxylic acid groups (broad SMARTS) is 1. The van der Waals surface area contributed by atoms with Gasteiger partial charge in [-0.1, -0.05) is 0 Å². The van der Waals surface area contributed by atoms with Gasteiger partial charge in [0.1, 0.15) is 11.6 Å². The highest BCUT2D eigenvalue weighted by Gasteiger charge is 2.31. The van der Waals surface area contributed by atoms with Crippen molar-refractivity contribution in [1.29, 1.82) is 0 Å². The van der Waals surface area contributed by atoms with E-state index in [-0.39, 0.29) is 0 Å². The molecule has 0 bridgehead atoms. The molecular weight excluding hydrogens is 252 g/mol. The van der Waals surface area contributed by atoms with Gasteiger partial charge < -0.3 is 24.9 Å². The number of aliphatic carboxylic acids is 1. The Hall–Kier alpha value is -1.79. The molecule has 1 saturated heterocycles. The van der Waals surface area contributed by atoms with Crippen LogP contribution in [-0.4, -0.2) is 47.6 Å². The van der Waals surface area contributed by atoms with Gasteiger partial charge in [-0.25, -0.2) is 4.79 Å². The van der Waals surface area contributed by atoms with Crippen LogP contribution in [0.5, 0.6) is 0 Å². The van der Waals surface area contributed by atoms with E-state index in [1.807, 2.05) is 0 Å². The third-order valence-electron chi connectivity index (χ3n) is 2.54. The second-order valence-electron chi connectivity index (χ2n) is 5.47. The molecule has 19 heavy (non-hydrogen) atoms. The molecule has 1 aliphatic rings. The smallest absolute Gasteiger partial charge is 0.408 e. The summed E-state index contributed by atoms with van der Waals surface area (Å²) < 4.78 is 5.06. The molecule has 1 atom stereocenters. The van der Waals surface area contributed by atoms with Gasteiger partial charge in [-0.2, -0.15) is 0 Å². The number of nitrogens with zero attached hydrogens (tertiary/aromatic N) is 1. The Bertz CT molecular complexity index is 375. The van der Waals surface area contributed by atoms with Crippen molar-refractivity contribution in [2.45, 2.75) is 45.3 Å². The van der Waals surface area contributed by atoms with Gasteiger partial charge in [-0.3, -0.25) is 4.79 Å². The molecule has 1 fully saturated rings. The first-order valence-electron chi connectivity index (χ1n) is 6.17. The summed E-state index contributed by atoms with van der Waals surface area (Å²) in [6, 6.07) is -0.733. The van der Waals surface area contributed by atoms with Crippen molar-refractivity contribution in [3.8, 4) is 0 Å². The number of rotatable bonds is 3. The van der Waals surface area contributed by atoms with Crippen LogP contribution in [0.4, 0.5) is 4.79 Å². The molecule has 0 spiro atoms. The number of nitrogens with one attached hydrogen (secondary N) is 1. The van der Waals surface area contributed by atoms with Gasteiger partial charge in [-0.05, 0) is 33.6 Å². The number of likely N-dealkylation sites (tertiary alicyclic amines) is 1. The van der Waals surface area contributed by atoms with Crippen LogP contribution in [0.3, 0.4) is 0 Å². The fraction of sp³-hybridized carbons (Fsp3) is 0.750. The lowest BCUT2D eigenvalue weighted by Gasteiger charge is -2.33. The lowest BCUT2D eigenvalue weighted by molar-refractivity contribution is -0.306. The molecule has 7 nitrogen and oxygen atoms in total. The molecule has 1 aliphatic heterocycles. The van der Waals surface area contributed by atoms with E-state index >= 15 is 0 Å². The summed E-state index contributed by atoms with van der Waals surface area (Å²) in [5, 5.41) is 13.0. The van der Waals surface area contributed by atoms with Gasteiger partial charge in [0, 0.05) is 6.54 Å². The second kappa shape index (κ2) is 5.90. The lowest BCUT2D eigenvalue weighted by Crippen LogP contribution is -2.55. The van der Waals surface area contributed by atoms with Gasteiger partial charge >= 0.3 is 6.09 Å². The highest BCUT2D eigenvalue weighted by atomic mass is 16.6. The highest BCUT2D eigenvalue weighted by Crippen LogP contribution is 2.13. The Morgan fingerprint density at radius 2 is 2.11 bits per heavy atom. The topological polar surface area (TPSA) is 98.8 Å². The van der Waals surface area contributed by atoms with Gasteiger partial charge in [-0.15, -0.1) is 0 Å². The first-order valence-corrected chi connectivity index (χ1v) is 6.17. The third kappa shape index (κ3) is 5.15. The normalized spacial score (nSPS) is 20.1. The Balaban J connectivity index is 2.56. The first-order chi connectivity index (χ1) is 8.69. The minimum absolute atomic E-state index is 0.360. The second-order valence-corrected chi connectivity index (χ2v) is 5.47. The molecule has 7 heteroatoms. The number of piperidine rings is 1. The molecule has 1 rings (SSSR count). The number of carbonyl (C=O) groups is 3. The molecule has 1 heterocycles. The van der Waals surface area contributed by atoms with E-state index in [4.69, 9.17) is 4.74 Å². The maximum atomic E-state index is 11.9. The number of hydrogen-bond acceptors (Lipinski definition) is 5. The van der Waals surface area contributed by atoms with Crippen LogP contribution in [-0.2, 0) is 14.3 Å². The molecule has 0 unspecified atom stereocenters. The first kappa shape index (κ1) is 15.3. The largest absolute Gasteiger partial charge is 0.548 e. The summed E-state index contributed by atoms with van der Waals surface area (Å²) in [6.45, 7) is 5.07. The average Bonchev–Trinajstić information content (AvgIpc) is 2.20. The van der Waals surface area contributed by atoms with Crippen molar-refractivity contribution in [2.24, 2.45) is 0 Å². The molecule has 0 aliphatic carbocycles. The zero-order valence-electron chi connectivity index (χ0n) is 11.4. The van der Waals surface area contributed by atoms with E-state index in [9.17, 15) is 19.5 Å². The molecule has 0 aromatic carbocycles. The summed E-state index contributed by atoms with van der Waals surface area (Å²) in [4.78, 5) is 35.2. The summed E-state index contributed by atoms with van der Waals surface area (Å²) in [5.74, 6) is -1.73. The predicted octanol–water partition coefficient (Wildman–Crippen LogP) is -0.748. The van der Waals surface area contributed by atoms with E-state index in [0.29, 0.717) is 19.4 Å². The predicted molar refractivity (Wildman–Crippen MR) is 64.0 cm³/mol. The lowest BCUT2D eigenvalue weighted by atomic mass is 10.1. The van der Waals surface area contributed by atoms with Gasteiger partial charge in [0.2, 0.25) is 5.91 Å². The summed E-state index contributed by atoms with van der Waals surface area (Å²) >= 11 is 0. The SMILES string of the molecule is CC(C)(C)OC(=O)N[C@H]1CCCN(CC(=O)[O-])C1=O. The number of carboxylic acids is 1. The van der Waals surface area contributed by atoms with Gasteiger partial charge in [0.15, 0.2) is 0 Å². The molecule has 0 aromatic rings. The van der Waals surface area contributed by atoms with Crippen molar-refractivity contribution >= 4 is 18.0 Å². The van der Waals surface area contributed by atoms with Crippen LogP contribution >= 0.6 is 0 Å². The summed E-state index contributed by atoms with van der Waals surface area (Å²) in [7, 11) is 0. The Kier molecular flexibility index (Phi) is 4.74. The fourth-order valence-electron chi connectivity index (χ4n) is 1.84. The van der Waals surface area contributed by atoms with Crippen LogP contribution in [0.1, 0.15) is 33.6 Å². The maximum Gasteiger partial charge on any atom is 0.408 e. The molecule has 0 radical (unpaired) electrons. The zero-order valence-corrected chi connectivity index (χ0v) is 11.4. The van der Waals surface area contributed by atoms with Crippen LogP contribution in [0.15, 0.2) is 0 Å². The van der Waals surface area contributed by atoms with E-state index in [1.54, 1.807) is 20.8 Å². The van der Waals surface area contributed by atoms with Crippen molar-refractivity contribution in [1.82, 2.24) is 10.2 Å². The minimum Gasteiger partial charge on any atom is -0.548 e. The van der Waals surface area contributed by atoms with Gasteiger partial charge in [0.25, 0.3) is 0 Å². The Morgan fingerprint density at radius 1 is 1.47 bits per heavy atom. The van der Waals surface area contributed by atoms with Crippen molar-refractivity contribution in [2.75, 3.05) is 13.1 Å². The molecule has 108 valence electrons. The van der Waals surface area contributed by atoms with Crippen molar-refractivity contribution in [3.05, 3.63) is 0 Å². The molecule has 2 amide bonds. The van der Waals surface area contributed by atoms with Crippen LogP contribution in [0.2, 0.25) is 0 Å². The number of amides is 2. The molecule has 0 saturated carbocycles. The quantitative estimate of drug-likeness (QED) is 0.728. The molecule has 0 aromatic heterocycles. The van der Waals surface area contributed by atoms with Crippen molar-refractivity contribution < 1.29 is 24.2 Å². The average molecular weight is 271 g/mol.